The molecule has 1 aliphatic rings. The smallest absolute Gasteiger partial charge is 0.181 e. The molecule has 1 saturated heterocycles. The highest BCUT2D eigenvalue weighted by atomic mass is 32.2. The van der Waals surface area contributed by atoms with Crippen molar-refractivity contribution in [3.8, 4) is 0 Å². The zero-order chi connectivity index (χ0) is 11.8. The fraction of sp³-hybridized carbons (Fsp3) is 0.462. The molecule has 16 heavy (non-hydrogen) atoms. The second-order valence-corrected chi connectivity index (χ2v) is 6.09. The first-order chi connectivity index (χ1) is 7.53. The Kier molecular flexibility index (Phi) is 3.06. The van der Waals surface area contributed by atoms with E-state index in [9.17, 15) is 9.18 Å². The fourth-order valence-electron chi connectivity index (χ4n) is 2.05. The summed E-state index contributed by atoms with van der Waals surface area (Å²) >= 11 is 1.64. The molecule has 1 aromatic rings. The van der Waals surface area contributed by atoms with E-state index in [2.05, 4.69) is 0 Å². The molecule has 0 N–H and O–H groups in total. The van der Waals surface area contributed by atoms with Crippen LogP contribution < -0.4 is 0 Å². The molecule has 1 aromatic carbocycles. The third kappa shape index (κ3) is 2.01. The van der Waals surface area contributed by atoms with Crippen LogP contribution in [0.1, 0.15) is 35.7 Å². The Bertz CT molecular complexity index is 422. The number of carbonyl (C=O) groups is 1. The minimum atomic E-state index is -0.421. The number of ketones is 1. The number of halogens is 1. The maximum absolute atomic E-state index is 13.7. The van der Waals surface area contributed by atoms with E-state index in [4.69, 9.17) is 0 Å². The number of benzene rings is 1. The number of thioether (sulfide) groups is 1. The standard InChI is InChI=1S/C13H15FOS/c1-9-4-5-10(11(14)8-9)12(15)13(2)6-3-7-16-13/h4-5,8H,3,6-7H2,1-2H3. The van der Waals surface area contributed by atoms with Gasteiger partial charge in [-0.05, 0) is 50.1 Å². The Balaban J connectivity index is 2.33. The zero-order valence-electron chi connectivity index (χ0n) is 9.55. The maximum atomic E-state index is 13.7. The van der Waals surface area contributed by atoms with Gasteiger partial charge in [-0.15, -0.1) is 11.8 Å². The molecule has 0 saturated carbocycles. The SMILES string of the molecule is Cc1ccc(C(=O)C2(C)CCCS2)c(F)c1. The number of hydrogen-bond acceptors (Lipinski definition) is 2. The first kappa shape index (κ1) is 11.6. The summed E-state index contributed by atoms with van der Waals surface area (Å²) in [6.45, 7) is 3.75. The van der Waals surface area contributed by atoms with E-state index < -0.39 is 10.6 Å². The second kappa shape index (κ2) is 4.21. The van der Waals surface area contributed by atoms with Gasteiger partial charge in [-0.3, -0.25) is 4.79 Å². The van der Waals surface area contributed by atoms with Crippen LogP contribution >= 0.6 is 11.8 Å². The zero-order valence-corrected chi connectivity index (χ0v) is 10.4. The van der Waals surface area contributed by atoms with Crippen molar-refractivity contribution in [3.63, 3.8) is 0 Å². The van der Waals surface area contributed by atoms with Gasteiger partial charge in [-0.2, -0.15) is 0 Å². The monoisotopic (exact) mass is 238 g/mol. The lowest BCUT2D eigenvalue weighted by molar-refractivity contribution is 0.0945. The third-order valence-corrected chi connectivity index (χ3v) is 4.59. The quantitative estimate of drug-likeness (QED) is 0.732. The number of rotatable bonds is 2. The highest BCUT2D eigenvalue weighted by Crippen LogP contribution is 2.40. The summed E-state index contributed by atoms with van der Waals surface area (Å²) in [5.74, 6) is 0.543. The molecular formula is C13H15FOS. The molecule has 0 amide bonds. The van der Waals surface area contributed by atoms with Crippen LogP contribution in [-0.4, -0.2) is 16.3 Å². The summed E-state index contributed by atoms with van der Waals surface area (Å²) in [5, 5.41) is 0. The van der Waals surface area contributed by atoms with Crippen LogP contribution in [-0.2, 0) is 0 Å². The van der Waals surface area contributed by atoms with Gasteiger partial charge >= 0.3 is 0 Å². The van der Waals surface area contributed by atoms with E-state index >= 15 is 0 Å². The van der Waals surface area contributed by atoms with Gasteiger partial charge in [0.1, 0.15) is 5.82 Å². The average molecular weight is 238 g/mol. The molecule has 1 fully saturated rings. The van der Waals surface area contributed by atoms with E-state index in [-0.39, 0.29) is 11.3 Å². The Labute approximate surface area is 99.4 Å². The van der Waals surface area contributed by atoms with Crippen LogP contribution in [0.3, 0.4) is 0 Å². The van der Waals surface area contributed by atoms with Crippen molar-refractivity contribution in [2.75, 3.05) is 5.75 Å². The van der Waals surface area contributed by atoms with Crippen LogP contribution in [0.5, 0.6) is 0 Å². The van der Waals surface area contributed by atoms with Gasteiger partial charge in [0, 0.05) is 0 Å². The molecule has 1 aliphatic heterocycles. The molecule has 1 atom stereocenters. The lowest BCUT2D eigenvalue weighted by Gasteiger charge is -2.21. The minimum Gasteiger partial charge on any atom is -0.293 e. The predicted octanol–water partition coefficient (Wildman–Crippen LogP) is 3.60. The van der Waals surface area contributed by atoms with Crippen molar-refractivity contribution in [1.29, 1.82) is 0 Å². The summed E-state index contributed by atoms with van der Waals surface area (Å²) in [7, 11) is 0. The normalized spacial score (nSPS) is 24.7. The van der Waals surface area contributed by atoms with Gasteiger partial charge in [0.2, 0.25) is 0 Å². The van der Waals surface area contributed by atoms with Crippen molar-refractivity contribution < 1.29 is 9.18 Å². The van der Waals surface area contributed by atoms with Crippen LogP contribution in [0.4, 0.5) is 4.39 Å². The maximum Gasteiger partial charge on any atom is 0.181 e. The van der Waals surface area contributed by atoms with Gasteiger partial charge < -0.3 is 0 Å². The molecule has 86 valence electrons. The number of aryl methyl sites for hydroxylation is 1. The second-order valence-electron chi connectivity index (χ2n) is 4.50. The lowest BCUT2D eigenvalue weighted by atomic mass is 9.94. The molecule has 3 heteroatoms. The Morgan fingerprint density at radius 1 is 1.50 bits per heavy atom. The topological polar surface area (TPSA) is 17.1 Å². The molecule has 0 radical (unpaired) electrons. The number of hydrogen-bond donors (Lipinski definition) is 0. The molecule has 1 unspecified atom stereocenters. The van der Waals surface area contributed by atoms with Crippen LogP contribution in [0.2, 0.25) is 0 Å². The number of carbonyl (C=O) groups excluding carboxylic acids is 1. The average Bonchev–Trinajstić information content (AvgIpc) is 2.66. The molecular weight excluding hydrogens is 223 g/mol. The summed E-state index contributed by atoms with van der Waals surface area (Å²) in [4.78, 5) is 12.2. The lowest BCUT2D eigenvalue weighted by Crippen LogP contribution is -2.29. The minimum absolute atomic E-state index is 0.0625. The molecule has 1 nitrogen and oxygen atoms in total. The Morgan fingerprint density at radius 3 is 2.81 bits per heavy atom. The summed E-state index contributed by atoms with van der Waals surface area (Å²) in [6, 6.07) is 4.83. The van der Waals surface area contributed by atoms with E-state index in [0.29, 0.717) is 0 Å². The Morgan fingerprint density at radius 2 is 2.25 bits per heavy atom. The summed E-state index contributed by atoms with van der Waals surface area (Å²) in [6.07, 6.45) is 1.89. The van der Waals surface area contributed by atoms with E-state index in [1.165, 1.54) is 6.07 Å². The van der Waals surface area contributed by atoms with E-state index in [0.717, 1.165) is 24.2 Å². The first-order valence-electron chi connectivity index (χ1n) is 5.48. The van der Waals surface area contributed by atoms with Gasteiger partial charge in [0.15, 0.2) is 5.78 Å². The Hall–Kier alpha value is -0.830. The number of Topliss-reactive ketones (excluding diaryl/α,β-unsaturated/α-hetero) is 1. The van der Waals surface area contributed by atoms with Crippen LogP contribution in [0.25, 0.3) is 0 Å². The van der Waals surface area contributed by atoms with Crippen molar-refractivity contribution in [2.45, 2.75) is 31.4 Å². The predicted molar refractivity (Wildman–Crippen MR) is 65.6 cm³/mol. The molecule has 0 aliphatic carbocycles. The van der Waals surface area contributed by atoms with Gasteiger partial charge in [0.05, 0.1) is 10.3 Å². The van der Waals surface area contributed by atoms with Crippen molar-refractivity contribution in [2.24, 2.45) is 0 Å². The van der Waals surface area contributed by atoms with E-state index in [1.54, 1.807) is 23.9 Å². The van der Waals surface area contributed by atoms with E-state index in [1.807, 2.05) is 13.8 Å². The fourth-order valence-corrected chi connectivity index (χ4v) is 3.32. The molecule has 0 spiro atoms. The summed E-state index contributed by atoms with van der Waals surface area (Å²) < 4.78 is 13.3. The largest absolute Gasteiger partial charge is 0.293 e. The van der Waals surface area contributed by atoms with Crippen molar-refractivity contribution >= 4 is 17.5 Å². The molecule has 2 rings (SSSR count). The van der Waals surface area contributed by atoms with Crippen molar-refractivity contribution in [1.82, 2.24) is 0 Å². The van der Waals surface area contributed by atoms with Gasteiger partial charge in [0.25, 0.3) is 0 Å². The highest BCUT2D eigenvalue weighted by Gasteiger charge is 2.38. The highest BCUT2D eigenvalue weighted by molar-refractivity contribution is 8.01. The van der Waals surface area contributed by atoms with Crippen LogP contribution in [0.15, 0.2) is 18.2 Å². The molecule has 0 bridgehead atoms. The molecule has 1 heterocycles. The van der Waals surface area contributed by atoms with Gasteiger partial charge in [-0.25, -0.2) is 4.39 Å². The molecule has 0 aromatic heterocycles. The van der Waals surface area contributed by atoms with Gasteiger partial charge in [-0.1, -0.05) is 6.07 Å². The first-order valence-corrected chi connectivity index (χ1v) is 6.46. The summed E-state index contributed by atoms with van der Waals surface area (Å²) in [5.41, 5.74) is 1.08. The van der Waals surface area contributed by atoms with Crippen molar-refractivity contribution in [3.05, 3.63) is 35.1 Å². The van der Waals surface area contributed by atoms with Crippen LogP contribution in [0, 0.1) is 12.7 Å². The third-order valence-electron chi connectivity index (χ3n) is 3.07.